The minimum absolute atomic E-state index is 0.106. The average Bonchev–Trinajstić information content (AvgIpc) is 3.44. The zero-order valence-electron chi connectivity index (χ0n) is 15.1. The number of benzene rings is 2. The molecule has 29 heavy (non-hydrogen) atoms. The fourth-order valence-corrected chi connectivity index (χ4v) is 3.77. The minimum Gasteiger partial charge on any atom is -0.286 e. The van der Waals surface area contributed by atoms with Crippen LogP contribution < -0.4 is 5.49 Å². The molecule has 0 atom stereocenters. The third-order valence-electron chi connectivity index (χ3n) is 4.49. The molecule has 0 spiro atoms. The van der Waals surface area contributed by atoms with Gasteiger partial charge in [-0.25, -0.2) is 9.36 Å². The van der Waals surface area contributed by atoms with Gasteiger partial charge in [0.15, 0.2) is 5.49 Å². The van der Waals surface area contributed by atoms with E-state index in [2.05, 4.69) is 15.4 Å². The van der Waals surface area contributed by atoms with Gasteiger partial charge in [-0.15, -0.1) is 16.4 Å². The lowest BCUT2D eigenvalue weighted by molar-refractivity contribution is 0.103. The van der Waals surface area contributed by atoms with E-state index in [1.807, 2.05) is 66.0 Å². The van der Waals surface area contributed by atoms with Gasteiger partial charge in [0, 0.05) is 0 Å². The van der Waals surface area contributed by atoms with Crippen molar-refractivity contribution in [2.45, 2.75) is 0 Å². The van der Waals surface area contributed by atoms with Crippen molar-refractivity contribution in [2.75, 3.05) is 0 Å². The SMILES string of the molecule is N=c1c(-n2nnc3ccccc32)cc(C(=O)c2cccs2)nn1-c1ccccc1. The Morgan fingerprint density at radius 3 is 2.52 bits per heavy atom. The first-order chi connectivity index (χ1) is 14.2. The van der Waals surface area contributed by atoms with Crippen LogP contribution in [-0.2, 0) is 0 Å². The number of para-hydroxylation sites is 2. The molecule has 0 aliphatic carbocycles. The summed E-state index contributed by atoms with van der Waals surface area (Å²) in [4.78, 5) is 13.6. The van der Waals surface area contributed by atoms with Crippen molar-refractivity contribution in [1.29, 1.82) is 5.41 Å². The first kappa shape index (κ1) is 17.2. The van der Waals surface area contributed by atoms with E-state index in [9.17, 15) is 4.79 Å². The number of aromatic nitrogens is 5. The van der Waals surface area contributed by atoms with Crippen LogP contribution in [0.1, 0.15) is 15.4 Å². The van der Waals surface area contributed by atoms with E-state index >= 15 is 0 Å². The highest BCUT2D eigenvalue weighted by molar-refractivity contribution is 7.12. The monoisotopic (exact) mass is 398 g/mol. The van der Waals surface area contributed by atoms with Gasteiger partial charge in [0.2, 0.25) is 5.78 Å². The van der Waals surface area contributed by atoms with Crippen molar-refractivity contribution < 1.29 is 4.79 Å². The molecular formula is C21H14N6OS. The Bertz CT molecular complexity index is 1390. The molecule has 0 amide bonds. The zero-order chi connectivity index (χ0) is 19.8. The topological polar surface area (TPSA) is 89.4 Å². The number of ketones is 1. The lowest BCUT2D eigenvalue weighted by Gasteiger charge is -2.12. The lowest BCUT2D eigenvalue weighted by Crippen LogP contribution is -2.28. The molecule has 5 rings (SSSR count). The Kier molecular flexibility index (Phi) is 4.10. The summed E-state index contributed by atoms with van der Waals surface area (Å²) in [6.07, 6.45) is 0. The van der Waals surface area contributed by atoms with Gasteiger partial charge < -0.3 is 0 Å². The molecule has 2 aromatic carbocycles. The van der Waals surface area contributed by atoms with Crippen LogP contribution in [0.3, 0.4) is 0 Å². The van der Waals surface area contributed by atoms with Crippen LogP contribution in [0.15, 0.2) is 78.2 Å². The van der Waals surface area contributed by atoms with Crippen LogP contribution in [0.4, 0.5) is 0 Å². The van der Waals surface area contributed by atoms with E-state index < -0.39 is 0 Å². The summed E-state index contributed by atoms with van der Waals surface area (Å²) in [5.74, 6) is -0.199. The first-order valence-corrected chi connectivity index (χ1v) is 9.74. The quantitative estimate of drug-likeness (QED) is 0.470. The Balaban J connectivity index is 1.79. The highest BCUT2D eigenvalue weighted by Crippen LogP contribution is 2.18. The van der Waals surface area contributed by atoms with E-state index in [-0.39, 0.29) is 17.0 Å². The standard InChI is InChI=1S/C21H14N6OS/c22-21-18(27-17-10-5-4-9-15(17)23-25-27)13-16(20(28)19-11-6-12-29-19)24-26(21)14-7-2-1-3-8-14/h1-13,22H. The van der Waals surface area contributed by atoms with Gasteiger partial charge in [-0.1, -0.05) is 41.6 Å². The third kappa shape index (κ3) is 2.95. The van der Waals surface area contributed by atoms with Gasteiger partial charge in [-0.3, -0.25) is 10.2 Å². The number of nitrogens with one attached hydrogen (secondary N) is 1. The van der Waals surface area contributed by atoms with Crippen molar-refractivity contribution in [2.24, 2.45) is 0 Å². The number of nitrogens with zero attached hydrogens (tertiary/aromatic N) is 5. The number of fused-ring (bicyclic) bond motifs is 1. The predicted octanol–water partition coefficient (Wildman–Crippen LogP) is 3.38. The summed E-state index contributed by atoms with van der Waals surface area (Å²) >= 11 is 1.36. The minimum atomic E-state index is -0.199. The molecule has 0 aliphatic heterocycles. The van der Waals surface area contributed by atoms with Crippen molar-refractivity contribution >= 4 is 28.2 Å². The van der Waals surface area contributed by atoms with Crippen LogP contribution >= 0.6 is 11.3 Å². The number of carbonyl (C=O) groups is 1. The molecular weight excluding hydrogens is 384 g/mol. The Labute approximate surface area is 169 Å². The number of hydrogen-bond donors (Lipinski definition) is 1. The molecule has 3 aromatic heterocycles. The highest BCUT2D eigenvalue weighted by Gasteiger charge is 2.18. The summed E-state index contributed by atoms with van der Waals surface area (Å²) in [5.41, 5.74) is 2.92. The largest absolute Gasteiger partial charge is 0.286 e. The molecule has 5 aromatic rings. The second-order valence-electron chi connectivity index (χ2n) is 6.31. The van der Waals surface area contributed by atoms with Crippen LogP contribution in [0.5, 0.6) is 0 Å². The molecule has 8 heteroatoms. The fourth-order valence-electron chi connectivity index (χ4n) is 3.10. The van der Waals surface area contributed by atoms with Crippen LogP contribution in [0.2, 0.25) is 0 Å². The molecule has 0 unspecified atom stereocenters. The van der Waals surface area contributed by atoms with Gasteiger partial charge in [-0.05, 0) is 41.8 Å². The van der Waals surface area contributed by atoms with E-state index in [1.54, 1.807) is 16.8 Å². The van der Waals surface area contributed by atoms with Crippen LogP contribution in [0.25, 0.3) is 22.4 Å². The van der Waals surface area contributed by atoms with Gasteiger partial charge in [0.25, 0.3) is 0 Å². The average molecular weight is 398 g/mol. The van der Waals surface area contributed by atoms with E-state index in [4.69, 9.17) is 5.41 Å². The summed E-state index contributed by atoms with van der Waals surface area (Å²) in [6.45, 7) is 0. The third-order valence-corrected chi connectivity index (χ3v) is 5.36. The lowest BCUT2D eigenvalue weighted by atomic mass is 10.2. The van der Waals surface area contributed by atoms with E-state index in [0.29, 0.717) is 21.8 Å². The van der Waals surface area contributed by atoms with Crippen molar-refractivity contribution in [3.8, 4) is 11.4 Å². The van der Waals surface area contributed by atoms with Crippen LogP contribution in [-0.4, -0.2) is 30.6 Å². The Morgan fingerprint density at radius 2 is 1.72 bits per heavy atom. The summed E-state index contributed by atoms with van der Waals surface area (Å²) in [7, 11) is 0. The Hall–Kier alpha value is -3.91. The first-order valence-electron chi connectivity index (χ1n) is 8.86. The molecule has 0 saturated heterocycles. The summed E-state index contributed by atoms with van der Waals surface area (Å²) < 4.78 is 3.02. The molecule has 140 valence electrons. The van der Waals surface area contributed by atoms with Gasteiger partial charge in [0.1, 0.15) is 16.9 Å². The smallest absolute Gasteiger partial charge is 0.223 e. The Morgan fingerprint density at radius 1 is 0.931 bits per heavy atom. The zero-order valence-corrected chi connectivity index (χ0v) is 15.9. The highest BCUT2D eigenvalue weighted by atomic mass is 32.1. The fraction of sp³-hybridized carbons (Fsp3) is 0. The maximum absolute atomic E-state index is 13.0. The number of carbonyl (C=O) groups excluding carboxylic acids is 1. The van der Waals surface area contributed by atoms with Crippen molar-refractivity contribution in [3.05, 3.63) is 94.2 Å². The predicted molar refractivity (Wildman–Crippen MR) is 110 cm³/mol. The molecule has 0 saturated carbocycles. The number of hydrogen-bond acceptors (Lipinski definition) is 6. The van der Waals surface area contributed by atoms with Crippen molar-refractivity contribution in [3.63, 3.8) is 0 Å². The normalized spacial score (nSPS) is 11.0. The number of rotatable bonds is 4. The molecule has 0 fully saturated rings. The molecule has 0 bridgehead atoms. The van der Waals surface area contributed by atoms with Gasteiger partial charge in [-0.2, -0.15) is 5.10 Å². The molecule has 3 heterocycles. The maximum atomic E-state index is 13.0. The molecule has 7 nitrogen and oxygen atoms in total. The molecule has 1 N–H and O–H groups in total. The second kappa shape index (κ2) is 6.92. The van der Waals surface area contributed by atoms with E-state index in [1.165, 1.54) is 16.0 Å². The molecule has 0 radical (unpaired) electrons. The van der Waals surface area contributed by atoms with Gasteiger partial charge >= 0.3 is 0 Å². The summed E-state index contributed by atoms with van der Waals surface area (Å²) in [5, 5.41) is 23.5. The van der Waals surface area contributed by atoms with Crippen LogP contribution in [0, 0.1) is 5.41 Å². The van der Waals surface area contributed by atoms with E-state index in [0.717, 1.165) is 5.52 Å². The van der Waals surface area contributed by atoms with Gasteiger partial charge in [0.05, 0.1) is 16.1 Å². The second-order valence-corrected chi connectivity index (χ2v) is 7.25. The molecule has 0 aliphatic rings. The maximum Gasteiger partial charge on any atom is 0.223 e. The number of thiophene rings is 1. The van der Waals surface area contributed by atoms with Crippen molar-refractivity contribution in [1.82, 2.24) is 24.8 Å². The summed E-state index contributed by atoms with van der Waals surface area (Å²) in [6, 6.07) is 22.0.